The molecule has 6 heteroatoms. The maximum absolute atomic E-state index is 12.3. The number of benzene rings is 1. The summed E-state index contributed by atoms with van der Waals surface area (Å²) in [4.78, 5) is 25.5. The Bertz CT molecular complexity index is 514. The van der Waals surface area contributed by atoms with Crippen molar-refractivity contribution in [1.29, 1.82) is 0 Å². The molecule has 0 atom stereocenters. The molecule has 0 saturated heterocycles. The summed E-state index contributed by atoms with van der Waals surface area (Å²) >= 11 is 0. The number of amides is 2. The molecule has 2 N–H and O–H groups in total. The van der Waals surface area contributed by atoms with Gasteiger partial charge in [0.15, 0.2) is 11.5 Å². The highest BCUT2D eigenvalue weighted by Gasteiger charge is 2.18. The fourth-order valence-electron chi connectivity index (χ4n) is 1.87. The van der Waals surface area contributed by atoms with Crippen molar-refractivity contribution >= 4 is 11.8 Å². The van der Waals surface area contributed by atoms with E-state index in [1.807, 2.05) is 13.8 Å². The van der Waals surface area contributed by atoms with E-state index >= 15 is 0 Å². The van der Waals surface area contributed by atoms with E-state index in [0.717, 1.165) is 0 Å². The zero-order valence-corrected chi connectivity index (χ0v) is 12.8. The Balaban J connectivity index is 2.83. The number of phenols is 1. The van der Waals surface area contributed by atoms with Crippen molar-refractivity contribution in [3.63, 3.8) is 0 Å². The van der Waals surface area contributed by atoms with Crippen molar-refractivity contribution in [2.24, 2.45) is 0 Å². The molecule has 0 unspecified atom stereocenters. The number of carbonyl (C=O) groups is 2. The third-order valence-corrected chi connectivity index (χ3v) is 2.88. The summed E-state index contributed by atoms with van der Waals surface area (Å²) in [5.74, 6) is -0.328. The largest absolute Gasteiger partial charge is 0.504 e. The fourth-order valence-corrected chi connectivity index (χ4v) is 1.87. The lowest BCUT2D eigenvalue weighted by molar-refractivity contribution is -0.122. The van der Waals surface area contributed by atoms with Crippen LogP contribution in [0.25, 0.3) is 0 Å². The van der Waals surface area contributed by atoms with Gasteiger partial charge in [-0.3, -0.25) is 9.59 Å². The molecule has 1 rings (SSSR count). The number of nitrogens with zero attached hydrogens (tertiary/aromatic N) is 1. The van der Waals surface area contributed by atoms with Crippen LogP contribution in [-0.4, -0.2) is 48.1 Å². The third kappa shape index (κ3) is 4.66. The first-order valence-corrected chi connectivity index (χ1v) is 6.84. The molecule has 1 aromatic rings. The van der Waals surface area contributed by atoms with Crippen LogP contribution >= 0.6 is 0 Å². The topological polar surface area (TPSA) is 78.9 Å². The number of hydrogen-bond donors (Lipinski definition) is 2. The van der Waals surface area contributed by atoms with Crippen molar-refractivity contribution < 1.29 is 19.4 Å². The van der Waals surface area contributed by atoms with Crippen LogP contribution in [0.4, 0.5) is 0 Å². The number of likely N-dealkylation sites (N-methyl/N-ethyl adjacent to an activating group) is 1. The van der Waals surface area contributed by atoms with Gasteiger partial charge in [0.25, 0.3) is 5.91 Å². The van der Waals surface area contributed by atoms with Crippen molar-refractivity contribution in [2.45, 2.75) is 26.8 Å². The molecule has 0 aliphatic heterocycles. The van der Waals surface area contributed by atoms with Crippen LogP contribution in [0.5, 0.6) is 11.5 Å². The smallest absolute Gasteiger partial charge is 0.254 e. The lowest BCUT2D eigenvalue weighted by Gasteiger charge is -2.21. The van der Waals surface area contributed by atoms with Gasteiger partial charge in [-0.2, -0.15) is 0 Å². The van der Waals surface area contributed by atoms with Crippen molar-refractivity contribution in [1.82, 2.24) is 10.2 Å². The van der Waals surface area contributed by atoms with Gasteiger partial charge in [0.1, 0.15) is 0 Å². The molecule has 0 saturated carbocycles. The molecule has 116 valence electrons. The predicted molar refractivity (Wildman–Crippen MR) is 79.5 cm³/mol. The standard InChI is InChI=1S/C15H22N2O4/c1-5-17(9-14(19)16-10(2)3)15(20)11-6-7-13(21-4)12(18)8-11/h6-8,10,18H,5,9H2,1-4H3,(H,16,19). The average Bonchev–Trinajstić information content (AvgIpc) is 2.43. The molecule has 0 bridgehead atoms. The molecule has 0 radical (unpaired) electrons. The minimum Gasteiger partial charge on any atom is -0.504 e. The Morgan fingerprint density at radius 1 is 1.38 bits per heavy atom. The zero-order chi connectivity index (χ0) is 16.0. The highest BCUT2D eigenvalue weighted by molar-refractivity contribution is 5.97. The van der Waals surface area contributed by atoms with Crippen molar-refractivity contribution in [3.8, 4) is 11.5 Å². The lowest BCUT2D eigenvalue weighted by atomic mass is 10.1. The highest BCUT2D eigenvalue weighted by Crippen LogP contribution is 2.26. The number of ether oxygens (including phenoxy) is 1. The highest BCUT2D eigenvalue weighted by atomic mass is 16.5. The van der Waals surface area contributed by atoms with E-state index in [-0.39, 0.29) is 30.2 Å². The first-order valence-electron chi connectivity index (χ1n) is 6.84. The monoisotopic (exact) mass is 294 g/mol. The Morgan fingerprint density at radius 3 is 2.52 bits per heavy atom. The number of aromatic hydroxyl groups is 1. The van der Waals surface area contributed by atoms with Gasteiger partial charge < -0.3 is 20.1 Å². The van der Waals surface area contributed by atoms with Gasteiger partial charge in [-0.15, -0.1) is 0 Å². The van der Waals surface area contributed by atoms with Gasteiger partial charge in [0.2, 0.25) is 5.91 Å². The zero-order valence-electron chi connectivity index (χ0n) is 12.8. The van der Waals surface area contributed by atoms with E-state index in [1.54, 1.807) is 13.0 Å². The Kier molecular flexibility index (Phi) is 6.02. The summed E-state index contributed by atoms with van der Waals surface area (Å²) in [6, 6.07) is 4.44. The molecule has 0 aliphatic rings. The summed E-state index contributed by atoms with van der Waals surface area (Å²) in [6.07, 6.45) is 0. The van der Waals surface area contributed by atoms with E-state index < -0.39 is 0 Å². The van der Waals surface area contributed by atoms with Crippen LogP contribution in [0, 0.1) is 0 Å². The molecule has 6 nitrogen and oxygen atoms in total. The van der Waals surface area contributed by atoms with E-state index in [2.05, 4.69) is 5.32 Å². The Labute approximate surface area is 124 Å². The van der Waals surface area contributed by atoms with Gasteiger partial charge >= 0.3 is 0 Å². The summed E-state index contributed by atoms with van der Waals surface area (Å²) in [6.45, 7) is 5.90. The minimum absolute atomic E-state index is 0.0136. The van der Waals surface area contributed by atoms with Crippen molar-refractivity contribution in [2.75, 3.05) is 20.2 Å². The first-order chi connectivity index (χ1) is 9.88. The number of carbonyl (C=O) groups excluding carboxylic acids is 2. The molecule has 0 aliphatic carbocycles. The van der Waals surface area contributed by atoms with Gasteiger partial charge in [0.05, 0.1) is 13.7 Å². The van der Waals surface area contributed by atoms with Crippen LogP contribution in [0.15, 0.2) is 18.2 Å². The second-order valence-corrected chi connectivity index (χ2v) is 4.93. The second kappa shape index (κ2) is 7.52. The number of hydrogen-bond acceptors (Lipinski definition) is 4. The number of nitrogens with one attached hydrogen (secondary N) is 1. The minimum atomic E-state index is -0.311. The molecular weight excluding hydrogens is 272 g/mol. The van der Waals surface area contributed by atoms with E-state index in [9.17, 15) is 14.7 Å². The van der Waals surface area contributed by atoms with Crippen LogP contribution in [0.3, 0.4) is 0 Å². The summed E-state index contributed by atoms with van der Waals surface area (Å²) in [5.41, 5.74) is 0.312. The van der Waals surface area contributed by atoms with Gasteiger partial charge in [-0.05, 0) is 39.0 Å². The van der Waals surface area contributed by atoms with Crippen LogP contribution in [0.2, 0.25) is 0 Å². The molecule has 21 heavy (non-hydrogen) atoms. The van der Waals surface area contributed by atoms with Crippen molar-refractivity contribution in [3.05, 3.63) is 23.8 Å². The van der Waals surface area contributed by atoms with Crippen LogP contribution < -0.4 is 10.1 Å². The molecular formula is C15H22N2O4. The van der Waals surface area contributed by atoms with E-state index in [4.69, 9.17) is 4.74 Å². The predicted octanol–water partition coefficient (Wildman–Crippen LogP) is 1.39. The SMILES string of the molecule is CCN(CC(=O)NC(C)C)C(=O)c1ccc(OC)c(O)c1. The maximum atomic E-state index is 12.3. The average molecular weight is 294 g/mol. The lowest BCUT2D eigenvalue weighted by Crippen LogP contribution is -2.42. The Morgan fingerprint density at radius 2 is 2.05 bits per heavy atom. The van der Waals surface area contributed by atoms with Gasteiger partial charge in [0, 0.05) is 18.2 Å². The van der Waals surface area contributed by atoms with Gasteiger partial charge in [-0.1, -0.05) is 0 Å². The van der Waals surface area contributed by atoms with Crippen LogP contribution in [0.1, 0.15) is 31.1 Å². The second-order valence-electron chi connectivity index (χ2n) is 4.93. The number of methoxy groups -OCH3 is 1. The number of rotatable bonds is 6. The summed E-state index contributed by atoms with van der Waals surface area (Å²) in [5, 5.41) is 12.5. The summed E-state index contributed by atoms with van der Waals surface area (Å²) in [7, 11) is 1.44. The quantitative estimate of drug-likeness (QED) is 0.831. The molecule has 2 amide bonds. The normalized spacial score (nSPS) is 10.3. The molecule has 1 aromatic carbocycles. The number of phenolic OH excluding ortho intramolecular Hbond substituents is 1. The fraction of sp³-hybridized carbons (Fsp3) is 0.467. The molecule has 0 fully saturated rings. The molecule has 0 aromatic heterocycles. The van der Waals surface area contributed by atoms with E-state index in [1.165, 1.54) is 24.1 Å². The first kappa shape index (κ1) is 16.8. The summed E-state index contributed by atoms with van der Waals surface area (Å²) < 4.78 is 4.94. The van der Waals surface area contributed by atoms with Crippen LogP contribution in [-0.2, 0) is 4.79 Å². The molecule has 0 spiro atoms. The Hall–Kier alpha value is -2.24. The maximum Gasteiger partial charge on any atom is 0.254 e. The molecule has 0 heterocycles. The third-order valence-electron chi connectivity index (χ3n) is 2.88. The van der Waals surface area contributed by atoms with E-state index in [0.29, 0.717) is 17.9 Å². The van der Waals surface area contributed by atoms with Gasteiger partial charge in [-0.25, -0.2) is 0 Å².